The summed E-state index contributed by atoms with van der Waals surface area (Å²) in [7, 11) is 1.59. The number of likely N-dealkylation sites (tertiary alicyclic amines) is 1. The van der Waals surface area contributed by atoms with Crippen LogP contribution in [0.2, 0.25) is 0 Å². The minimum Gasteiger partial charge on any atom is -0.481 e. The van der Waals surface area contributed by atoms with Crippen molar-refractivity contribution in [3.8, 4) is 17.3 Å². The number of hydrogen-bond acceptors (Lipinski definition) is 6. The maximum Gasteiger partial charge on any atom is 0.241 e. The van der Waals surface area contributed by atoms with Gasteiger partial charge >= 0.3 is 0 Å². The average Bonchev–Trinajstić information content (AvgIpc) is 2.98. The monoisotopic (exact) mass is 288 g/mol. The van der Waals surface area contributed by atoms with Gasteiger partial charge in [0.25, 0.3) is 0 Å². The van der Waals surface area contributed by atoms with Crippen LogP contribution >= 0.6 is 0 Å². The van der Waals surface area contributed by atoms with Crippen molar-refractivity contribution in [2.75, 3.05) is 20.2 Å². The maximum absolute atomic E-state index is 5.34. The molecule has 2 aromatic heterocycles. The number of nitrogens with zero attached hydrogens (tertiary/aromatic N) is 4. The Labute approximate surface area is 124 Å². The zero-order valence-corrected chi connectivity index (χ0v) is 12.5. The van der Waals surface area contributed by atoms with E-state index in [4.69, 9.17) is 9.26 Å². The number of piperidine rings is 1. The number of hydrogen-bond donors (Lipinski definition) is 0. The lowest BCUT2D eigenvalue weighted by atomic mass is 9.99. The summed E-state index contributed by atoms with van der Waals surface area (Å²) in [5.74, 6) is 2.63. The maximum atomic E-state index is 5.34. The van der Waals surface area contributed by atoms with Crippen LogP contribution in [0.5, 0.6) is 5.88 Å². The molecule has 0 N–H and O–H groups in total. The number of ether oxygens (including phenoxy) is 1. The lowest BCUT2D eigenvalue weighted by molar-refractivity contribution is 0.165. The molecule has 0 atom stereocenters. The molecule has 2 aromatic rings. The highest BCUT2D eigenvalue weighted by atomic mass is 16.5. The van der Waals surface area contributed by atoms with Crippen LogP contribution in [0, 0.1) is 5.92 Å². The summed E-state index contributed by atoms with van der Waals surface area (Å²) in [4.78, 5) is 11.0. The molecule has 1 fully saturated rings. The van der Waals surface area contributed by atoms with Crippen LogP contribution in [-0.2, 0) is 6.54 Å². The molecule has 0 radical (unpaired) electrons. The SMILES string of the molecule is COc1ccc(-c2noc(CN3CCC(C)CC3)n2)cn1. The van der Waals surface area contributed by atoms with Gasteiger partial charge in [0.1, 0.15) is 0 Å². The number of pyridine rings is 1. The van der Waals surface area contributed by atoms with Crippen molar-refractivity contribution >= 4 is 0 Å². The molecule has 0 bridgehead atoms. The summed E-state index contributed by atoms with van der Waals surface area (Å²) in [5.41, 5.74) is 0.832. The van der Waals surface area contributed by atoms with Crippen molar-refractivity contribution in [3.05, 3.63) is 24.2 Å². The molecule has 112 valence electrons. The first-order valence-corrected chi connectivity index (χ1v) is 7.30. The van der Waals surface area contributed by atoms with E-state index in [1.807, 2.05) is 6.07 Å². The van der Waals surface area contributed by atoms with Crippen molar-refractivity contribution < 1.29 is 9.26 Å². The van der Waals surface area contributed by atoms with Crippen molar-refractivity contribution in [2.24, 2.45) is 5.92 Å². The topological polar surface area (TPSA) is 64.3 Å². The number of methoxy groups -OCH3 is 1. The van der Waals surface area contributed by atoms with Crippen LogP contribution in [0.25, 0.3) is 11.4 Å². The van der Waals surface area contributed by atoms with Crippen LogP contribution in [0.1, 0.15) is 25.7 Å². The highest BCUT2D eigenvalue weighted by Gasteiger charge is 2.18. The Hall–Kier alpha value is -1.95. The number of rotatable bonds is 4. The average molecular weight is 288 g/mol. The van der Waals surface area contributed by atoms with Gasteiger partial charge in [0.15, 0.2) is 0 Å². The first-order valence-electron chi connectivity index (χ1n) is 7.30. The van der Waals surface area contributed by atoms with Gasteiger partial charge in [-0.15, -0.1) is 0 Å². The second-order valence-electron chi connectivity index (χ2n) is 5.56. The third-order valence-electron chi connectivity index (χ3n) is 3.91. The summed E-state index contributed by atoms with van der Waals surface area (Å²) < 4.78 is 10.4. The normalized spacial score (nSPS) is 17.0. The molecule has 6 nitrogen and oxygen atoms in total. The molecular formula is C15H20N4O2. The first kappa shape index (κ1) is 14.0. The third-order valence-corrected chi connectivity index (χ3v) is 3.91. The number of aromatic nitrogens is 3. The highest BCUT2D eigenvalue weighted by Crippen LogP contribution is 2.20. The van der Waals surface area contributed by atoms with Crippen molar-refractivity contribution in [3.63, 3.8) is 0 Å². The standard InChI is InChI=1S/C15H20N4O2/c1-11-5-7-19(8-6-11)10-14-17-15(18-21-14)12-3-4-13(20-2)16-9-12/h3-4,9,11H,5-8,10H2,1-2H3. The van der Waals surface area contributed by atoms with Crippen molar-refractivity contribution in [1.29, 1.82) is 0 Å². The Kier molecular flexibility index (Phi) is 4.15. The van der Waals surface area contributed by atoms with Crippen LogP contribution < -0.4 is 4.74 Å². The van der Waals surface area contributed by atoms with Gasteiger partial charge in [0.05, 0.1) is 13.7 Å². The van der Waals surface area contributed by atoms with Crippen LogP contribution in [0.15, 0.2) is 22.9 Å². The predicted molar refractivity (Wildman–Crippen MR) is 77.8 cm³/mol. The van der Waals surface area contributed by atoms with Gasteiger partial charge < -0.3 is 9.26 Å². The van der Waals surface area contributed by atoms with Gasteiger partial charge in [-0.05, 0) is 37.9 Å². The summed E-state index contributed by atoms with van der Waals surface area (Å²) in [6.45, 7) is 5.23. The Balaban J connectivity index is 1.65. The fraction of sp³-hybridized carbons (Fsp3) is 0.533. The first-order chi connectivity index (χ1) is 10.2. The smallest absolute Gasteiger partial charge is 0.241 e. The summed E-state index contributed by atoms with van der Waals surface area (Å²) in [6, 6.07) is 3.67. The lowest BCUT2D eigenvalue weighted by Crippen LogP contribution is -2.32. The van der Waals surface area contributed by atoms with Gasteiger partial charge in [0, 0.05) is 17.8 Å². The second-order valence-corrected chi connectivity index (χ2v) is 5.56. The molecule has 3 heterocycles. The quantitative estimate of drug-likeness (QED) is 0.860. The molecule has 1 saturated heterocycles. The molecule has 6 heteroatoms. The fourth-order valence-corrected chi connectivity index (χ4v) is 2.48. The molecule has 1 aliphatic rings. The van der Waals surface area contributed by atoms with Gasteiger partial charge in [-0.3, -0.25) is 4.90 Å². The largest absolute Gasteiger partial charge is 0.481 e. The fourth-order valence-electron chi connectivity index (χ4n) is 2.48. The van der Waals surface area contributed by atoms with Gasteiger partial charge in [-0.25, -0.2) is 4.98 Å². The minimum absolute atomic E-state index is 0.574. The molecule has 0 unspecified atom stereocenters. The molecule has 0 aliphatic carbocycles. The van der Waals surface area contributed by atoms with Gasteiger partial charge in [-0.1, -0.05) is 12.1 Å². The van der Waals surface area contributed by atoms with Crippen LogP contribution in [0.3, 0.4) is 0 Å². The van der Waals surface area contributed by atoms with E-state index in [1.165, 1.54) is 12.8 Å². The molecule has 0 aromatic carbocycles. The molecule has 3 rings (SSSR count). The Morgan fingerprint density at radius 2 is 2.14 bits per heavy atom. The molecule has 0 saturated carbocycles. The molecule has 0 amide bonds. The third kappa shape index (κ3) is 3.39. The second kappa shape index (κ2) is 6.22. The van der Waals surface area contributed by atoms with E-state index in [0.29, 0.717) is 17.6 Å². The highest BCUT2D eigenvalue weighted by molar-refractivity contribution is 5.52. The molecular weight excluding hydrogens is 268 g/mol. The minimum atomic E-state index is 0.574. The van der Waals surface area contributed by atoms with E-state index in [1.54, 1.807) is 19.4 Å². The Bertz CT molecular complexity index is 574. The van der Waals surface area contributed by atoms with E-state index < -0.39 is 0 Å². The molecule has 21 heavy (non-hydrogen) atoms. The molecule has 0 spiro atoms. The van der Waals surface area contributed by atoms with Crippen molar-refractivity contribution in [1.82, 2.24) is 20.0 Å². The van der Waals surface area contributed by atoms with Crippen LogP contribution in [0.4, 0.5) is 0 Å². The molecule has 1 aliphatic heterocycles. The Morgan fingerprint density at radius 1 is 1.33 bits per heavy atom. The van der Waals surface area contributed by atoms with E-state index in [9.17, 15) is 0 Å². The van der Waals surface area contributed by atoms with E-state index >= 15 is 0 Å². The summed E-state index contributed by atoms with van der Waals surface area (Å²) in [5, 5.41) is 4.03. The van der Waals surface area contributed by atoms with Crippen molar-refractivity contribution in [2.45, 2.75) is 26.3 Å². The Morgan fingerprint density at radius 3 is 2.81 bits per heavy atom. The zero-order valence-electron chi connectivity index (χ0n) is 12.5. The van der Waals surface area contributed by atoms with Gasteiger partial charge in [0.2, 0.25) is 17.6 Å². The zero-order chi connectivity index (χ0) is 14.7. The van der Waals surface area contributed by atoms with E-state index in [2.05, 4.69) is 26.9 Å². The van der Waals surface area contributed by atoms with E-state index in [-0.39, 0.29) is 0 Å². The van der Waals surface area contributed by atoms with E-state index in [0.717, 1.165) is 31.1 Å². The predicted octanol–water partition coefficient (Wildman–Crippen LogP) is 2.37. The summed E-state index contributed by atoms with van der Waals surface area (Å²) in [6.07, 6.45) is 4.17. The van der Waals surface area contributed by atoms with Gasteiger partial charge in [-0.2, -0.15) is 4.98 Å². The summed E-state index contributed by atoms with van der Waals surface area (Å²) >= 11 is 0. The van der Waals surface area contributed by atoms with Crippen LogP contribution in [-0.4, -0.2) is 40.2 Å². The lowest BCUT2D eigenvalue weighted by Gasteiger charge is -2.28.